The molecule has 3 heteroatoms. The van der Waals surface area contributed by atoms with E-state index in [1.54, 1.807) is 0 Å². The zero-order valence-corrected chi connectivity index (χ0v) is 12.9. The lowest BCUT2D eigenvalue weighted by Crippen LogP contribution is -2.37. The summed E-state index contributed by atoms with van der Waals surface area (Å²) in [5.74, 6) is 0.186. The quantitative estimate of drug-likeness (QED) is 0.597. The Bertz CT molecular complexity index is 894. The van der Waals surface area contributed by atoms with Crippen molar-refractivity contribution in [1.82, 2.24) is 0 Å². The smallest absolute Gasteiger partial charge is 0.241 e. The van der Waals surface area contributed by atoms with E-state index < -0.39 is 5.41 Å². The van der Waals surface area contributed by atoms with Gasteiger partial charge in [-0.3, -0.25) is 9.59 Å². The van der Waals surface area contributed by atoms with E-state index in [4.69, 9.17) is 0 Å². The Kier molecular flexibility index (Phi) is 2.33. The molecular weight excluding hydrogens is 286 g/mol. The Morgan fingerprint density at radius 1 is 1.04 bits per heavy atom. The van der Waals surface area contributed by atoms with Gasteiger partial charge < -0.3 is 0 Å². The third-order valence-electron chi connectivity index (χ3n) is 6.12. The van der Waals surface area contributed by atoms with Crippen molar-refractivity contribution in [2.45, 2.75) is 13.3 Å². The molecule has 3 nitrogen and oxygen atoms in total. The van der Waals surface area contributed by atoms with E-state index in [2.05, 4.69) is 12.2 Å². The molecule has 2 bridgehead atoms. The van der Waals surface area contributed by atoms with Gasteiger partial charge in [0.05, 0.1) is 17.0 Å². The van der Waals surface area contributed by atoms with Crippen molar-refractivity contribution in [3.8, 4) is 0 Å². The minimum atomic E-state index is -0.562. The number of hydrogen-bond donors (Lipinski definition) is 0. The lowest BCUT2D eigenvalue weighted by atomic mass is 9.71. The van der Waals surface area contributed by atoms with E-state index in [1.807, 2.05) is 49.4 Å². The Labute approximate surface area is 134 Å². The van der Waals surface area contributed by atoms with Crippen LogP contribution >= 0.6 is 0 Å². The average molecular weight is 303 g/mol. The van der Waals surface area contributed by atoms with E-state index in [9.17, 15) is 9.59 Å². The molecule has 0 N–H and O–H groups in total. The minimum absolute atomic E-state index is 0.0225. The molecule has 1 aliphatic heterocycles. The van der Waals surface area contributed by atoms with Gasteiger partial charge in [0.1, 0.15) is 0 Å². The van der Waals surface area contributed by atoms with Gasteiger partial charge in [-0.2, -0.15) is 0 Å². The topological polar surface area (TPSA) is 37.4 Å². The maximum Gasteiger partial charge on any atom is 0.241 e. The molecule has 2 amide bonds. The number of rotatable bonds is 1. The Balaban J connectivity index is 1.71. The first-order valence-electron chi connectivity index (χ1n) is 8.17. The van der Waals surface area contributed by atoms with E-state index in [0.717, 1.165) is 22.9 Å². The molecule has 0 radical (unpaired) electrons. The monoisotopic (exact) mass is 303 g/mol. The Morgan fingerprint density at radius 3 is 2.65 bits per heavy atom. The van der Waals surface area contributed by atoms with Crippen molar-refractivity contribution in [3.05, 3.63) is 54.6 Å². The third-order valence-corrected chi connectivity index (χ3v) is 6.12. The summed E-state index contributed by atoms with van der Waals surface area (Å²) in [6.07, 6.45) is 5.22. The molecule has 0 unspecified atom stereocenters. The van der Waals surface area contributed by atoms with Gasteiger partial charge in [-0.25, -0.2) is 4.90 Å². The van der Waals surface area contributed by atoms with Crippen LogP contribution < -0.4 is 4.90 Å². The van der Waals surface area contributed by atoms with Crippen LogP contribution in [0.1, 0.15) is 13.3 Å². The summed E-state index contributed by atoms with van der Waals surface area (Å²) in [4.78, 5) is 27.8. The van der Waals surface area contributed by atoms with E-state index in [1.165, 1.54) is 4.90 Å². The van der Waals surface area contributed by atoms with Gasteiger partial charge in [0.15, 0.2) is 0 Å². The standard InChI is InChI=1S/C20H17NO2/c1-20-14-10-9-13(11-14)17(20)18(22)21(19(20)23)16-8-4-6-12-5-2-3-7-15(12)16/h2-10,13-14,17H,11H2,1H3/t13-,14-,17+,20+/m0/s1. The number of allylic oxidation sites excluding steroid dienone is 2. The summed E-state index contributed by atoms with van der Waals surface area (Å²) >= 11 is 0. The van der Waals surface area contributed by atoms with Crippen LogP contribution in [0.4, 0.5) is 5.69 Å². The molecule has 0 spiro atoms. The molecule has 2 aromatic carbocycles. The van der Waals surface area contributed by atoms with Crippen LogP contribution in [0.2, 0.25) is 0 Å². The molecule has 1 heterocycles. The molecule has 23 heavy (non-hydrogen) atoms. The summed E-state index contributed by atoms with van der Waals surface area (Å²) in [7, 11) is 0. The zero-order chi connectivity index (χ0) is 15.8. The van der Waals surface area contributed by atoms with E-state index in [0.29, 0.717) is 0 Å². The zero-order valence-electron chi connectivity index (χ0n) is 12.9. The van der Waals surface area contributed by atoms with E-state index >= 15 is 0 Å². The van der Waals surface area contributed by atoms with Crippen LogP contribution in [0.5, 0.6) is 0 Å². The maximum atomic E-state index is 13.2. The van der Waals surface area contributed by atoms with Crippen LogP contribution in [0.3, 0.4) is 0 Å². The number of carbonyl (C=O) groups is 2. The fourth-order valence-corrected chi connectivity index (χ4v) is 4.94. The number of nitrogens with zero attached hydrogens (tertiary/aromatic N) is 1. The van der Waals surface area contributed by atoms with Crippen LogP contribution in [0.25, 0.3) is 10.8 Å². The van der Waals surface area contributed by atoms with Crippen molar-refractivity contribution in [2.75, 3.05) is 4.90 Å². The number of imide groups is 1. The lowest BCUT2D eigenvalue weighted by molar-refractivity contribution is -0.127. The lowest BCUT2D eigenvalue weighted by Gasteiger charge is -2.28. The van der Waals surface area contributed by atoms with E-state index in [-0.39, 0.29) is 29.6 Å². The highest BCUT2D eigenvalue weighted by Crippen LogP contribution is 2.61. The normalized spacial score (nSPS) is 34.7. The molecular formula is C20H17NO2. The van der Waals surface area contributed by atoms with Gasteiger partial charge in [0.2, 0.25) is 11.8 Å². The molecule has 114 valence electrons. The van der Waals surface area contributed by atoms with Gasteiger partial charge in [0.25, 0.3) is 0 Å². The predicted molar refractivity (Wildman–Crippen MR) is 88.8 cm³/mol. The molecule has 3 aliphatic rings. The van der Waals surface area contributed by atoms with Crippen LogP contribution in [-0.4, -0.2) is 11.8 Å². The highest BCUT2D eigenvalue weighted by atomic mass is 16.2. The van der Waals surface area contributed by atoms with Gasteiger partial charge in [-0.15, -0.1) is 0 Å². The number of anilines is 1. The van der Waals surface area contributed by atoms with Crippen LogP contribution in [0, 0.1) is 23.2 Å². The molecule has 1 saturated carbocycles. The Morgan fingerprint density at radius 2 is 1.83 bits per heavy atom. The molecule has 0 aromatic heterocycles. The van der Waals surface area contributed by atoms with Crippen molar-refractivity contribution in [3.63, 3.8) is 0 Å². The van der Waals surface area contributed by atoms with Crippen molar-refractivity contribution in [1.29, 1.82) is 0 Å². The predicted octanol–water partition coefficient (Wildman–Crippen LogP) is 3.54. The highest BCUT2D eigenvalue weighted by molar-refractivity contribution is 6.26. The number of hydrogen-bond acceptors (Lipinski definition) is 2. The van der Waals surface area contributed by atoms with Crippen molar-refractivity contribution >= 4 is 28.3 Å². The first-order valence-corrected chi connectivity index (χ1v) is 8.17. The molecule has 2 fully saturated rings. The van der Waals surface area contributed by atoms with Gasteiger partial charge in [-0.05, 0) is 36.6 Å². The van der Waals surface area contributed by atoms with Crippen molar-refractivity contribution in [2.24, 2.45) is 23.2 Å². The third kappa shape index (κ3) is 1.41. The minimum Gasteiger partial charge on any atom is -0.274 e. The van der Waals surface area contributed by atoms with Crippen LogP contribution in [-0.2, 0) is 9.59 Å². The Hall–Kier alpha value is -2.42. The maximum absolute atomic E-state index is 13.2. The first kappa shape index (κ1) is 13.1. The molecule has 2 aromatic rings. The van der Waals surface area contributed by atoms with Gasteiger partial charge in [0, 0.05) is 5.39 Å². The summed E-state index contributed by atoms with van der Waals surface area (Å²) in [5.41, 5.74) is 0.168. The summed E-state index contributed by atoms with van der Waals surface area (Å²) < 4.78 is 0. The summed E-state index contributed by atoms with van der Waals surface area (Å²) in [6, 6.07) is 13.7. The fraction of sp³-hybridized carbons (Fsp3) is 0.300. The number of benzene rings is 2. The number of amides is 2. The second-order valence-corrected chi connectivity index (χ2v) is 7.13. The molecule has 4 atom stereocenters. The SMILES string of the molecule is C[C@]12C(=O)N(c3cccc4ccccc34)C(=O)[C@H]1[C@H]1C=C[C@H]2C1. The molecule has 5 rings (SSSR count). The average Bonchev–Trinajstić information content (AvgIpc) is 3.20. The fourth-order valence-electron chi connectivity index (χ4n) is 4.94. The van der Waals surface area contributed by atoms with Gasteiger partial charge in [-0.1, -0.05) is 48.6 Å². The summed E-state index contributed by atoms with van der Waals surface area (Å²) in [5, 5.41) is 2.01. The first-order chi connectivity index (χ1) is 11.1. The summed E-state index contributed by atoms with van der Waals surface area (Å²) in [6.45, 7) is 1.98. The largest absolute Gasteiger partial charge is 0.274 e. The number of fused-ring (bicyclic) bond motifs is 6. The van der Waals surface area contributed by atoms with Crippen molar-refractivity contribution < 1.29 is 9.59 Å². The van der Waals surface area contributed by atoms with Crippen LogP contribution in [0.15, 0.2) is 54.6 Å². The second-order valence-electron chi connectivity index (χ2n) is 7.13. The number of carbonyl (C=O) groups excluding carboxylic acids is 2. The van der Waals surface area contributed by atoms with Gasteiger partial charge >= 0.3 is 0 Å². The highest BCUT2D eigenvalue weighted by Gasteiger charge is 2.67. The second kappa shape index (κ2) is 4.10. The molecule has 2 aliphatic carbocycles. The molecule has 1 saturated heterocycles.